The van der Waals surface area contributed by atoms with E-state index in [0.717, 1.165) is 5.57 Å². The smallest absolute Gasteiger partial charge is 0.189 e. The number of rotatable bonds is 5. The van der Waals surface area contributed by atoms with Gasteiger partial charge in [0.25, 0.3) is 0 Å². The van der Waals surface area contributed by atoms with Crippen molar-refractivity contribution in [1.29, 1.82) is 0 Å². The molecule has 0 atom stereocenters. The number of carbonyl (C=O) groups is 1. The van der Waals surface area contributed by atoms with Gasteiger partial charge in [0.05, 0.1) is 5.56 Å². The van der Waals surface area contributed by atoms with Gasteiger partial charge in [0.2, 0.25) is 0 Å². The Kier molecular flexibility index (Phi) is 4.70. The Labute approximate surface area is 101 Å². The number of benzene rings is 1. The third-order valence-corrected chi connectivity index (χ3v) is 2.14. The molecule has 2 nitrogen and oxygen atoms in total. The molecule has 1 N–H and O–H groups in total. The fraction of sp³-hybridized carbons (Fsp3) is 0. The molecule has 0 radical (unpaired) electrons. The average Bonchev–Trinajstić information content (AvgIpc) is 2.34. The summed E-state index contributed by atoms with van der Waals surface area (Å²) in [6.45, 7) is 7.18. The number of para-hydroxylation sites is 1. The predicted octanol–water partition coefficient (Wildman–Crippen LogP) is 3.43. The highest BCUT2D eigenvalue weighted by atomic mass is 16.3. The van der Waals surface area contributed by atoms with Gasteiger partial charge in [-0.1, -0.05) is 49.6 Å². The Balaban J connectivity index is 2.90. The molecule has 0 aliphatic carbocycles. The van der Waals surface area contributed by atoms with Gasteiger partial charge in [0.15, 0.2) is 5.78 Å². The summed E-state index contributed by atoms with van der Waals surface area (Å²) >= 11 is 0. The van der Waals surface area contributed by atoms with Gasteiger partial charge >= 0.3 is 0 Å². The normalized spacial score (nSPS) is 11.4. The van der Waals surface area contributed by atoms with Crippen molar-refractivity contribution in [3.8, 4) is 5.75 Å². The molecule has 0 saturated carbocycles. The molecule has 0 heterocycles. The van der Waals surface area contributed by atoms with Crippen LogP contribution in [0.3, 0.4) is 0 Å². The Morgan fingerprint density at radius 2 is 1.88 bits per heavy atom. The van der Waals surface area contributed by atoms with Crippen LogP contribution in [0, 0.1) is 0 Å². The van der Waals surface area contributed by atoms with Crippen molar-refractivity contribution in [3.63, 3.8) is 0 Å². The molecule has 0 spiro atoms. The lowest BCUT2D eigenvalue weighted by molar-refractivity contribution is 0.104. The summed E-state index contributed by atoms with van der Waals surface area (Å²) in [6, 6.07) is 6.43. The lowest BCUT2D eigenvalue weighted by atomic mass is 10.1. The Hall–Kier alpha value is -2.35. The molecule has 1 rings (SSSR count). The zero-order valence-corrected chi connectivity index (χ0v) is 9.47. The third kappa shape index (κ3) is 3.61. The topological polar surface area (TPSA) is 37.3 Å². The van der Waals surface area contributed by atoms with Crippen molar-refractivity contribution in [2.45, 2.75) is 0 Å². The van der Waals surface area contributed by atoms with Crippen molar-refractivity contribution in [1.82, 2.24) is 0 Å². The zero-order chi connectivity index (χ0) is 12.7. The van der Waals surface area contributed by atoms with Crippen molar-refractivity contribution in [2.24, 2.45) is 0 Å². The SMILES string of the molecule is C=C/C=C(C=C)/C=C/C(=O)c1ccccc1O. The number of phenolic OH excluding ortho intramolecular Hbond substituents is 1. The average molecular weight is 226 g/mol. The molecule has 0 bridgehead atoms. The van der Waals surface area contributed by atoms with Crippen LogP contribution >= 0.6 is 0 Å². The minimum atomic E-state index is -0.250. The van der Waals surface area contributed by atoms with Crippen LogP contribution in [0.4, 0.5) is 0 Å². The fourth-order valence-electron chi connectivity index (χ4n) is 1.27. The van der Waals surface area contributed by atoms with Gasteiger partial charge in [0, 0.05) is 0 Å². The first-order valence-corrected chi connectivity index (χ1v) is 5.14. The maximum atomic E-state index is 11.8. The van der Waals surface area contributed by atoms with Crippen molar-refractivity contribution in [2.75, 3.05) is 0 Å². The molecule has 0 fully saturated rings. The van der Waals surface area contributed by atoms with Gasteiger partial charge in [-0.25, -0.2) is 0 Å². The van der Waals surface area contributed by atoms with Crippen LogP contribution in [0.1, 0.15) is 10.4 Å². The number of hydrogen-bond acceptors (Lipinski definition) is 2. The summed E-state index contributed by atoms with van der Waals surface area (Å²) in [5.74, 6) is -0.269. The van der Waals surface area contributed by atoms with Crippen LogP contribution in [0.15, 0.2) is 73.4 Å². The van der Waals surface area contributed by atoms with Crippen LogP contribution in [-0.2, 0) is 0 Å². The van der Waals surface area contributed by atoms with E-state index in [1.54, 1.807) is 42.5 Å². The van der Waals surface area contributed by atoms with Gasteiger partial charge in [-0.3, -0.25) is 4.79 Å². The second kappa shape index (κ2) is 6.28. The van der Waals surface area contributed by atoms with Crippen molar-refractivity contribution < 1.29 is 9.90 Å². The molecule has 0 aromatic heterocycles. The maximum Gasteiger partial charge on any atom is 0.189 e. The molecule has 0 aliphatic rings. The highest BCUT2D eigenvalue weighted by Gasteiger charge is 2.05. The number of ketones is 1. The summed E-state index contributed by atoms with van der Waals surface area (Å²) in [6.07, 6.45) is 8.00. The second-order valence-corrected chi connectivity index (χ2v) is 3.32. The quantitative estimate of drug-likeness (QED) is 0.474. The van der Waals surface area contributed by atoms with E-state index in [-0.39, 0.29) is 17.1 Å². The number of hydrogen-bond donors (Lipinski definition) is 1. The van der Waals surface area contributed by atoms with E-state index in [2.05, 4.69) is 13.2 Å². The minimum absolute atomic E-state index is 0.0185. The first-order valence-electron chi connectivity index (χ1n) is 5.14. The van der Waals surface area contributed by atoms with Crippen molar-refractivity contribution >= 4 is 5.78 Å². The van der Waals surface area contributed by atoms with Gasteiger partial charge in [-0.05, 0) is 23.8 Å². The summed E-state index contributed by atoms with van der Waals surface area (Å²) in [7, 11) is 0. The molecular weight excluding hydrogens is 212 g/mol. The molecule has 2 heteroatoms. The molecule has 1 aromatic rings. The maximum absolute atomic E-state index is 11.8. The van der Waals surface area contributed by atoms with E-state index in [0.29, 0.717) is 0 Å². The van der Waals surface area contributed by atoms with Crippen LogP contribution in [0.5, 0.6) is 5.75 Å². The highest BCUT2D eigenvalue weighted by molar-refractivity contribution is 6.06. The molecule has 1 aromatic carbocycles. The Morgan fingerprint density at radius 3 is 2.47 bits per heavy atom. The highest BCUT2D eigenvalue weighted by Crippen LogP contribution is 2.16. The fourth-order valence-corrected chi connectivity index (χ4v) is 1.27. The summed E-state index contributed by atoms with van der Waals surface area (Å²) < 4.78 is 0. The monoisotopic (exact) mass is 226 g/mol. The van der Waals surface area contributed by atoms with Gasteiger partial charge in [-0.2, -0.15) is 0 Å². The second-order valence-electron chi connectivity index (χ2n) is 3.32. The molecule has 0 amide bonds. The molecular formula is C15H14O2. The molecule has 0 unspecified atom stereocenters. The van der Waals surface area contributed by atoms with E-state index >= 15 is 0 Å². The minimum Gasteiger partial charge on any atom is -0.507 e. The number of aromatic hydroxyl groups is 1. The van der Waals surface area contributed by atoms with Gasteiger partial charge in [-0.15, -0.1) is 0 Å². The Bertz CT molecular complexity index is 493. The lowest BCUT2D eigenvalue weighted by Gasteiger charge is -1.98. The summed E-state index contributed by atoms with van der Waals surface area (Å²) in [5.41, 5.74) is 1.06. The number of phenols is 1. The van der Waals surface area contributed by atoms with E-state index in [9.17, 15) is 9.90 Å². The van der Waals surface area contributed by atoms with Crippen LogP contribution < -0.4 is 0 Å². The van der Waals surface area contributed by atoms with Gasteiger partial charge < -0.3 is 5.11 Å². The third-order valence-electron chi connectivity index (χ3n) is 2.14. The molecule has 17 heavy (non-hydrogen) atoms. The van der Waals surface area contributed by atoms with Crippen LogP contribution in [0.2, 0.25) is 0 Å². The van der Waals surface area contributed by atoms with E-state index in [1.807, 2.05) is 0 Å². The van der Waals surface area contributed by atoms with Crippen LogP contribution in [-0.4, -0.2) is 10.9 Å². The first kappa shape index (κ1) is 12.7. The van der Waals surface area contributed by atoms with Gasteiger partial charge in [0.1, 0.15) is 5.75 Å². The molecule has 0 aliphatic heterocycles. The Morgan fingerprint density at radius 1 is 1.18 bits per heavy atom. The van der Waals surface area contributed by atoms with E-state index in [4.69, 9.17) is 0 Å². The van der Waals surface area contributed by atoms with E-state index in [1.165, 1.54) is 12.1 Å². The lowest BCUT2D eigenvalue weighted by Crippen LogP contribution is -1.94. The number of allylic oxidation sites excluding steroid dienone is 6. The first-order chi connectivity index (χ1) is 8.19. The van der Waals surface area contributed by atoms with E-state index < -0.39 is 0 Å². The largest absolute Gasteiger partial charge is 0.507 e. The van der Waals surface area contributed by atoms with Crippen LogP contribution in [0.25, 0.3) is 0 Å². The summed E-state index contributed by atoms with van der Waals surface area (Å²) in [5, 5.41) is 9.50. The summed E-state index contributed by atoms with van der Waals surface area (Å²) in [4.78, 5) is 11.8. The predicted molar refractivity (Wildman–Crippen MR) is 70.1 cm³/mol. The van der Waals surface area contributed by atoms with Crippen molar-refractivity contribution in [3.05, 3.63) is 78.9 Å². The number of carbonyl (C=O) groups excluding carboxylic acids is 1. The molecule has 86 valence electrons. The molecule has 0 saturated heterocycles. The zero-order valence-electron chi connectivity index (χ0n) is 9.47. The standard InChI is InChI=1S/C15H14O2/c1-3-7-12(4-2)10-11-15(17)13-8-5-6-9-14(13)16/h3-11,16H,1-2H2/b11-10+,12-7+.